The van der Waals surface area contributed by atoms with Crippen LogP contribution in [0.3, 0.4) is 0 Å². The third-order valence-electron chi connectivity index (χ3n) is 5.73. The highest BCUT2D eigenvalue weighted by molar-refractivity contribution is 5.78. The zero-order valence-electron chi connectivity index (χ0n) is 17.1. The molecular formula is C22H33N3O3. The number of carbonyl (C=O) groups is 2. The zero-order chi connectivity index (χ0) is 19.9. The van der Waals surface area contributed by atoms with Crippen molar-refractivity contribution in [3.63, 3.8) is 0 Å². The number of ether oxygens (including phenoxy) is 1. The van der Waals surface area contributed by atoms with Crippen molar-refractivity contribution in [1.29, 1.82) is 0 Å². The Morgan fingerprint density at radius 1 is 0.964 bits per heavy atom. The first-order chi connectivity index (χ1) is 13.5. The molecule has 2 saturated heterocycles. The first kappa shape index (κ1) is 20.6. The monoisotopic (exact) mass is 387 g/mol. The minimum Gasteiger partial charge on any atom is -0.445 e. The average molecular weight is 388 g/mol. The summed E-state index contributed by atoms with van der Waals surface area (Å²) in [6.45, 7) is 7.41. The van der Waals surface area contributed by atoms with Crippen LogP contribution < -0.4 is 5.32 Å². The van der Waals surface area contributed by atoms with Crippen LogP contribution in [0.5, 0.6) is 0 Å². The topological polar surface area (TPSA) is 61.9 Å². The molecule has 6 heteroatoms. The second-order valence-electron chi connectivity index (χ2n) is 8.22. The molecule has 28 heavy (non-hydrogen) atoms. The fraction of sp³-hybridized carbons (Fsp3) is 0.636. The summed E-state index contributed by atoms with van der Waals surface area (Å²) in [5, 5.41) is 3.75. The molecule has 0 radical (unpaired) electrons. The molecule has 2 aliphatic heterocycles. The van der Waals surface area contributed by atoms with E-state index in [0.717, 1.165) is 57.4 Å². The third-order valence-corrected chi connectivity index (χ3v) is 5.73. The summed E-state index contributed by atoms with van der Waals surface area (Å²) in [6, 6.07) is 10.7. The van der Waals surface area contributed by atoms with Crippen LogP contribution in [0.1, 0.15) is 45.1 Å². The Bertz CT molecular complexity index is 634. The van der Waals surface area contributed by atoms with Crippen LogP contribution in [0.2, 0.25) is 0 Å². The van der Waals surface area contributed by atoms with E-state index in [4.69, 9.17) is 4.74 Å². The molecule has 154 valence electrons. The summed E-state index contributed by atoms with van der Waals surface area (Å²) >= 11 is 0. The van der Waals surface area contributed by atoms with Crippen LogP contribution in [-0.2, 0) is 16.1 Å². The summed E-state index contributed by atoms with van der Waals surface area (Å²) in [4.78, 5) is 28.2. The number of benzene rings is 1. The van der Waals surface area contributed by atoms with Crippen LogP contribution in [0, 0.1) is 5.92 Å². The molecule has 0 aromatic heterocycles. The lowest BCUT2D eigenvalue weighted by Gasteiger charge is -2.38. The van der Waals surface area contributed by atoms with Crippen molar-refractivity contribution in [3.8, 4) is 0 Å². The Kier molecular flexibility index (Phi) is 7.31. The minimum atomic E-state index is -0.220. The van der Waals surface area contributed by atoms with Gasteiger partial charge in [0.2, 0.25) is 5.91 Å². The number of nitrogens with zero attached hydrogens (tertiary/aromatic N) is 2. The van der Waals surface area contributed by atoms with E-state index in [-0.39, 0.29) is 17.9 Å². The van der Waals surface area contributed by atoms with Gasteiger partial charge in [0.1, 0.15) is 6.61 Å². The largest absolute Gasteiger partial charge is 0.445 e. The van der Waals surface area contributed by atoms with Crippen LogP contribution >= 0.6 is 0 Å². The van der Waals surface area contributed by atoms with E-state index in [1.165, 1.54) is 0 Å². The third kappa shape index (κ3) is 5.71. The van der Waals surface area contributed by atoms with Crippen LogP contribution in [-0.4, -0.2) is 60.1 Å². The number of hydrogen-bond donors (Lipinski definition) is 1. The van der Waals surface area contributed by atoms with Crippen LogP contribution in [0.15, 0.2) is 30.3 Å². The van der Waals surface area contributed by atoms with Crippen molar-refractivity contribution >= 4 is 12.0 Å². The van der Waals surface area contributed by atoms with Crippen molar-refractivity contribution in [2.45, 2.75) is 58.2 Å². The standard InChI is InChI=1S/C22H33N3O3/c1-17(2)21(26)24-12-8-19(9-13-24)23-20-10-14-25(15-11-20)22(27)28-16-18-6-4-3-5-7-18/h3-7,17,19-20,23H,8-16H2,1-2H3. The molecule has 6 nitrogen and oxygen atoms in total. The molecule has 0 aliphatic carbocycles. The lowest BCUT2D eigenvalue weighted by molar-refractivity contribution is -0.135. The van der Waals surface area contributed by atoms with Gasteiger partial charge in [0, 0.05) is 44.2 Å². The molecule has 2 heterocycles. The molecular weight excluding hydrogens is 354 g/mol. The second kappa shape index (κ2) is 9.92. The maximum absolute atomic E-state index is 12.3. The highest BCUT2D eigenvalue weighted by atomic mass is 16.6. The highest BCUT2D eigenvalue weighted by Crippen LogP contribution is 2.18. The van der Waals surface area contributed by atoms with Crippen molar-refractivity contribution in [2.24, 2.45) is 5.92 Å². The van der Waals surface area contributed by atoms with Gasteiger partial charge in [-0.2, -0.15) is 0 Å². The van der Waals surface area contributed by atoms with Gasteiger partial charge < -0.3 is 19.9 Å². The lowest BCUT2D eigenvalue weighted by Crippen LogP contribution is -2.51. The normalized spacial score (nSPS) is 19.1. The summed E-state index contributed by atoms with van der Waals surface area (Å²) in [5.74, 6) is 0.344. The van der Waals surface area contributed by atoms with Crippen molar-refractivity contribution < 1.29 is 14.3 Å². The number of hydrogen-bond acceptors (Lipinski definition) is 4. The van der Waals surface area contributed by atoms with Gasteiger partial charge in [0.25, 0.3) is 0 Å². The molecule has 2 amide bonds. The number of amides is 2. The quantitative estimate of drug-likeness (QED) is 0.844. The Morgan fingerprint density at radius 3 is 2.04 bits per heavy atom. The molecule has 0 atom stereocenters. The van der Waals surface area contributed by atoms with E-state index < -0.39 is 0 Å². The summed E-state index contributed by atoms with van der Waals surface area (Å²) < 4.78 is 5.44. The molecule has 1 N–H and O–H groups in total. The molecule has 1 aromatic carbocycles. The number of likely N-dealkylation sites (tertiary alicyclic amines) is 2. The number of piperidine rings is 2. The average Bonchev–Trinajstić information content (AvgIpc) is 2.73. The molecule has 2 aliphatic rings. The van der Waals surface area contributed by atoms with Gasteiger partial charge in [-0.1, -0.05) is 44.2 Å². The van der Waals surface area contributed by atoms with Crippen molar-refractivity contribution in [3.05, 3.63) is 35.9 Å². The number of nitrogens with one attached hydrogen (secondary N) is 1. The minimum absolute atomic E-state index is 0.0792. The van der Waals surface area contributed by atoms with E-state index in [9.17, 15) is 9.59 Å². The van der Waals surface area contributed by atoms with Gasteiger partial charge in [-0.15, -0.1) is 0 Å². The molecule has 2 fully saturated rings. The Balaban J connectivity index is 1.34. The van der Waals surface area contributed by atoms with E-state index >= 15 is 0 Å². The molecule has 3 rings (SSSR count). The summed E-state index contributed by atoms with van der Waals surface area (Å²) in [5.41, 5.74) is 1.01. The van der Waals surface area contributed by atoms with Gasteiger partial charge in [-0.3, -0.25) is 4.79 Å². The second-order valence-corrected chi connectivity index (χ2v) is 8.22. The van der Waals surface area contributed by atoms with E-state index in [1.54, 1.807) is 0 Å². The van der Waals surface area contributed by atoms with Gasteiger partial charge in [-0.05, 0) is 31.2 Å². The summed E-state index contributed by atoms with van der Waals surface area (Å²) in [6.07, 6.45) is 3.70. The Hall–Kier alpha value is -2.08. The summed E-state index contributed by atoms with van der Waals surface area (Å²) in [7, 11) is 0. The predicted molar refractivity (Wildman–Crippen MR) is 109 cm³/mol. The highest BCUT2D eigenvalue weighted by Gasteiger charge is 2.28. The zero-order valence-corrected chi connectivity index (χ0v) is 17.1. The SMILES string of the molecule is CC(C)C(=O)N1CCC(NC2CCN(C(=O)OCc3ccccc3)CC2)CC1. The lowest BCUT2D eigenvalue weighted by atomic mass is 9.99. The Labute approximate surface area is 168 Å². The maximum Gasteiger partial charge on any atom is 0.410 e. The van der Waals surface area contributed by atoms with Crippen molar-refractivity contribution in [1.82, 2.24) is 15.1 Å². The Morgan fingerprint density at radius 2 is 1.50 bits per heavy atom. The number of rotatable bonds is 5. The van der Waals surface area contributed by atoms with Crippen LogP contribution in [0.4, 0.5) is 4.79 Å². The molecule has 0 bridgehead atoms. The van der Waals surface area contributed by atoms with Crippen LogP contribution in [0.25, 0.3) is 0 Å². The maximum atomic E-state index is 12.3. The van der Waals surface area contributed by atoms with E-state index in [1.807, 2.05) is 54.0 Å². The first-order valence-corrected chi connectivity index (χ1v) is 10.5. The van der Waals surface area contributed by atoms with Gasteiger partial charge in [0.15, 0.2) is 0 Å². The van der Waals surface area contributed by atoms with Crippen molar-refractivity contribution in [2.75, 3.05) is 26.2 Å². The van der Waals surface area contributed by atoms with Gasteiger partial charge in [0.05, 0.1) is 0 Å². The fourth-order valence-electron chi connectivity index (χ4n) is 4.00. The van der Waals surface area contributed by atoms with Gasteiger partial charge >= 0.3 is 6.09 Å². The first-order valence-electron chi connectivity index (χ1n) is 10.5. The molecule has 1 aromatic rings. The fourth-order valence-corrected chi connectivity index (χ4v) is 4.00. The number of carbonyl (C=O) groups excluding carboxylic acids is 2. The molecule has 0 spiro atoms. The predicted octanol–water partition coefficient (Wildman–Crippen LogP) is 3.02. The van der Waals surface area contributed by atoms with E-state index in [0.29, 0.717) is 18.7 Å². The van der Waals surface area contributed by atoms with Gasteiger partial charge in [-0.25, -0.2) is 4.79 Å². The molecule has 0 saturated carbocycles. The smallest absolute Gasteiger partial charge is 0.410 e. The molecule has 0 unspecified atom stereocenters. The van der Waals surface area contributed by atoms with E-state index in [2.05, 4.69) is 5.32 Å².